The predicted octanol–water partition coefficient (Wildman–Crippen LogP) is 4.48. The first-order chi connectivity index (χ1) is 8.52. The van der Waals surface area contributed by atoms with E-state index in [2.05, 4.69) is 50.0 Å². The number of hydrogen-bond donors (Lipinski definition) is 1. The topological polar surface area (TPSA) is 35.2 Å². The highest BCUT2D eigenvalue weighted by Crippen LogP contribution is 2.34. The fourth-order valence-electron chi connectivity index (χ4n) is 1.76. The van der Waals surface area contributed by atoms with Crippen molar-refractivity contribution in [2.24, 2.45) is 5.73 Å². The third-order valence-corrected chi connectivity index (χ3v) is 5.45. The van der Waals surface area contributed by atoms with Crippen LogP contribution in [0.1, 0.15) is 22.7 Å². The highest BCUT2D eigenvalue weighted by Gasteiger charge is 2.16. The number of rotatable bonds is 3. The average molecular weight is 438 g/mol. The summed E-state index contributed by atoms with van der Waals surface area (Å²) < 4.78 is 7.72. The minimum atomic E-state index is -0.156. The highest BCUT2D eigenvalue weighted by atomic mass is 127. The van der Waals surface area contributed by atoms with Crippen LogP contribution in [0.15, 0.2) is 28.1 Å². The van der Waals surface area contributed by atoms with Crippen molar-refractivity contribution < 1.29 is 4.74 Å². The maximum atomic E-state index is 6.33. The standard InChI is InChI=1S/C13H13BrINOS/c1-7-3-11(17-2)9(5-10(7)14)13(16)8-4-12(15)18-6-8/h3-6,13H,16H2,1-2H3. The number of ether oxygens (including phenoxy) is 1. The first kappa shape index (κ1) is 14.3. The second-order valence-corrected chi connectivity index (χ2v) is 7.66. The molecule has 5 heteroatoms. The van der Waals surface area contributed by atoms with Gasteiger partial charge in [-0.25, -0.2) is 0 Å². The van der Waals surface area contributed by atoms with Crippen LogP contribution in [0.3, 0.4) is 0 Å². The van der Waals surface area contributed by atoms with E-state index in [9.17, 15) is 0 Å². The zero-order valence-electron chi connectivity index (χ0n) is 10.0. The molecule has 2 aromatic rings. The first-order valence-corrected chi connectivity index (χ1v) is 8.11. The molecule has 0 radical (unpaired) electrons. The van der Waals surface area contributed by atoms with Crippen molar-refractivity contribution in [1.29, 1.82) is 0 Å². The average Bonchev–Trinajstić information content (AvgIpc) is 2.78. The molecule has 18 heavy (non-hydrogen) atoms. The van der Waals surface area contributed by atoms with E-state index in [4.69, 9.17) is 10.5 Å². The quantitative estimate of drug-likeness (QED) is 0.718. The monoisotopic (exact) mass is 437 g/mol. The van der Waals surface area contributed by atoms with E-state index >= 15 is 0 Å². The lowest BCUT2D eigenvalue weighted by Crippen LogP contribution is -2.12. The number of hydrogen-bond acceptors (Lipinski definition) is 3. The van der Waals surface area contributed by atoms with Gasteiger partial charge in [0.25, 0.3) is 0 Å². The van der Waals surface area contributed by atoms with Crippen LogP contribution < -0.4 is 10.5 Å². The van der Waals surface area contributed by atoms with Gasteiger partial charge in [0.05, 0.1) is 16.0 Å². The number of aryl methyl sites for hydroxylation is 1. The van der Waals surface area contributed by atoms with E-state index in [0.29, 0.717) is 0 Å². The van der Waals surface area contributed by atoms with Gasteiger partial charge in [0, 0.05) is 10.0 Å². The van der Waals surface area contributed by atoms with Crippen LogP contribution in [-0.4, -0.2) is 7.11 Å². The minimum Gasteiger partial charge on any atom is -0.496 e. The van der Waals surface area contributed by atoms with Gasteiger partial charge in [0.1, 0.15) is 5.75 Å². The molecule has 0 amide bonds. The Hall–Kier alpha value is -0.110. The maximum absolute atomic E-state index is 6.33. The Bertz CT molecular complexity index is 570. The van der Waals surface area contributed by atoms with Crippen LogP contribution >= 0.6 is 49.9 Å². The van der Waals surface area contributed by atoms with Crippen molar-refractivity contribution in [3.63, 3.8) is 0 Å². The molecule has 2 rings (SSSR count). The maximum Gasteiger partial charge on any atom is 0.124 e. The summed E-state index contributed by atoms with van der Waals surface area (Å²) in [6.07, 6.45) is 0. The van der Waals surface area contributed by atoms with Crippen molar-refractivity contribution in [1.82, 2.24) is 0 Å². The van der Waals surface area contributed by atoms with Crippen LogP contribution in [0, 0.1) is 9.81 Å². The number of methoxy groups -OCH3 is 1. The Balaban J connectivity index is 2.46. The van der Waals surface area contributed by atoms with Crippen LogP contribution in [0.2, 0.25) is 0 Å². The molecule has 0 aliphatic heterocycles. The smallest absolute Gasteiger partial charge is 0.124 e. The molecule has 0 bridgehead atoms. The zero-order valence-corrected chi connectivity index (χ0v) is 14.6. The van der Waals surface area contributed by atoms with Crippen LogP contribution in [0.25, 0.3) is 0 Å². The zero-order chi connectivity index (χ0) is 13.3. The summed E-state index contributed by atoms with van der Waals surface area (Å²) >= 11 is 7.55. The third kappa shape index (κ3) is 2.89. The minimum absolute atomic E-state index is 0.156. The number of nitrogens with two attached hydrogens (primary N) is 1. The molecule has 1 aromatic heterocycles. The molecule has 1 atom stereocenters. The van der Waals surface area contributed by atoms with Gasteiger partial charge in [0.2, 0.25) is 0 Å². The van der Waals surface area contributed by atoms with Crippen molar-refractivity contribution in [3.05, 3.63) is 47.6 Å². The van der Waals surface area contributed by atoms with Crippen molar-refractivity contribution in [2.75, 3.05) is 7.11 Å². The Labute approximate surface area is 133 Å². The van der Waals surface area contributed by atoms with Gasteiger partial charge in [-0.3, -0.25) is 0 Å². The van der Waals surface area contributed by atoms with E-state index < -0.39 is 0 Å². The lowest BCUT2D eigenvalue weighted by Gasteiger charge is -2.16. The second kappa shape index (κ2) is 5.90. The summed E-state index contributed by atoms with van der Waals surface area (Å²) in [6.45, 7) is 2.04. The molecule has 1 heterocycles. The van der Waals surface area contributed by atoms with Crippen molar-refractivity contribution >= 4 is 49.9 Å². The lowest BCUT2D eigenvalue weighted by atomic mass is 10.00. The fourth-order valence-corrected chi connectivity index (χ4v) is 3.53. The SMILES string of the molecule is COc1cc(C)c(Br)cc1C(N)c1csc(I)c1. The van der Waals surface area contributed by atoms with E-state index in [-0.39, 0.29) is 6.04 Å². The Morgan fingerprint density at radius 1 is 1.39 bits per heavy atom. The summed E-state index contributed by atoms with van der Waals surface area (Å²) in [7, 11) is 1.68. The van der Waals surface area contributed by atoms with Gasteiger partial charge in [-0.15, -0.1) is 11.3 Å². The number of benzene rings is 1. The fraction of sp³-hybridized carbons (Fsp3) is 0.231. The molecule has 0 aliphatic rings. The van der Waals surface area contributed by atoms with E-state index in [1.54, 1.807) is 18.4 Å². The summed E-state index contributed by atoms with van der Waals surface area (Å²) in [4.78, 5) is 0. The molecular weight excluding hydrogens is 425 g/mol. The van der Waals surface area contributed by atoms with E-state index in [0.717, 1.165) is 26.9 Å². The molecule has 0 spiro atoms. The molecule has 2 N–H and O–H groups in total. The Morgan fingerprint density at radius 3 is 2.67 bits per heavy atom. The second-order valence-electron chi connectivity index (χ2n) is 4.01. The van der Waals surface area contributed by atoms with Crippen LogP contribution in [-0.2, 0) is 0 Å². The summed E-state index contributed by atoms with van der Waals surface area (Å²) in [5, 5.41) is 2.10. The predicted molar refractivity (Wildman–Crippen MR) is 88.5 cm³/mol. The van der Waals surface area contributed by atoms with Crippen LogP contribution in [0.5, 0.6) is 5.75 Å². The molecule has 0 fully saturated rings. The normalized spacial score (nSPS) is 12.5. The van der Waals surface area contributed by atoms with Crippen LogP contribution in [0.4, 0.5) is 0 Å². The van der Waals surface area contributed by atoms with Gasteiger partial charge in [0.15, 0.2) is 0 Å². The molecule has 0 saturated carbocycles. The number of halogens is 2. The molecule has 1 aromatic carbocycles. The molecule has 1 unspecified atom stereocenters. The highest BCUT2D eigenvalue weighted by molar-refractivity contribution is 14.1. The Morgan fingerprint density at radius 2 is 2.11 bits per heavy atom. The van der Waals surface area contributed by atoms with Gasteiger partial charge >= 0.3 is 0 Å². The van der Waals surface area contributed by atoms with Gasteiger partial charge in [-0.05, 0) is 64.2 Å². The molecule has 2 nitrogen and oxygen atoms in total. The molecule has 96 valence electrons. The van der Waals surface area contributed by atoms with E-state index in [1.807, 2.05) is 19.1 Å². The lowest BCUT2D eigenvalue weighted by molar-refractivity contribution is 0.407. The largest absolute Gasteiger partial charge is 0.496 e. The van der Waals surface area contributed by atoms with Crippen molar-refractivity contribution in [2.45, 2.75) is 13.0 Å². The van der Waals surface area contributed by atoms with Gasteiger partial charge < -0.3 is 10.5 Å². The van der Waals surface area contributed by atoms with Gasteiger partial charge in [-0.1, -0.05) is 15.9 Å². The summed E-state index contributed by atoms with van der Waals surface area (Å²) in [5.74, 6) is 0.837. The first-order valence-electron chi connectivity index (χ1n) is 5.36. The van der Waals surface area contributed by atoms with E-state index in [1.165, 1.54) is 2.88 Å². The third-order valence-electron chi connectivity index (χ3n) is 2.79. The summed E-state index contributed by atoms with van der Waals surface area (Å²) in [5.41, 5.74) is 9.60. The summed E-state index contributed by atoms with van der Waals surface area (Å²) in [6, 6.07) is 6.01. The van der Waals surface area contributed by atoms with Gasteiger partial charge in [-0.2, -0.15) is 0 Å². The number of thiophene rings is 1. The molecule has 0 saturated heterocycles. The molecule has 0 aliphatic carbocycles. The molecular formula is C13H13BrINOS. The van der Waals surface area contributed by atoms with Crippen molar-refractivity contribution in [3.8, 4) is 5.75 Å². The Kier molecular flexibility index (Phi) is 4.69.